The molecular formula is C21H29N7O. The van der Waals surface area contributed by atoms with Crippen LogP contribution in [0.25, 0.3) is 0 Å². The maximum atomic E-state index is 5.43. The Morgan fingerprint density at radius 1 is 1.00 bits per heavy atom. The molecule has 0 aromatic carbocycles. The molecule has 2 aliphatic heterocycles. The minimum atomic E-state index is 0.342. The average molecular weight is 396 g/mol. The first kappa shape index (κ1) is 18.5. The Kier molecular flexibility index (Phi) is 5.43. The number of rotatable bonds is 4. The van der Waals surface area contributed by atoms with Gasteiger partial charge in [0.2, 0.25) is 5.95 Å². The molecule has 3 aliphatic rings. The van der Waals surface area contributed by atoms with Crippen LogP contribution in [0.2, 0.25) is 0 Å². The molecule has 1 N–H and O–H groups in total. The molecule has 29 heavy (non-hydrogen) atoms. The Morgan fingerprint density at radius 2 is 1.90 bits per heavy atom. The maximum Gasteiger partial charge on any atom is 0.227 e. The number of nitrogens with zero attached hydrogens (tertiary/aromatic N) is 6. The van der Waals surface area contributed by atoms with Crippen LogP contribution in [0.5, 0.6) is 0 Å². The van der Waals surface area contributed by atoms with E-state index in [9.17, 15) is 0 Å². The molecule has 5 rings (SSSR count). The van der Waals surface area contributed by atoms with Gasteiger partial charge in [0.1, 0.15) is 5.82 Å². The number of anilines is 3. The summed E-state index contributed by atoms with van der Waals surface area (Å²) in [5.74, 6) is 2.70. The van der Waals surface area contributed by atoms with Gasteiger partial charge in [0.25, 0.3) is 0 Å². The molecule has 0 amide bonds. The van der Waals surface area contributed by atoms with Crippen LogP contribution in [0.15, 0.2) is 18.3 Å². The van der Waals surface area contributed by atoms with Gasteiger partial charge in [-0.25, -0.2) is 4.98 Å². The average Bonchev–Trinajstić information content (AvgIpc) is 2.80. The Bertz CT molecular complexity index is 840. The summed E-state index contributed by atoms with van der Waals surface area (Å²) in [4.78, 5) is 13.8. The van der Waals surface area contributed by atoms with Crippen molar-refractivity contribution in [3.8, 4) is 0 Å². The van der Waals surface area contributed by atoms with Gasteiger partial charge in [-0.2, -0.15) is 10.1 Å². The van der Waals surface area contributed by atoms with Gasteiger partial charge in [-0.1, -0.05) is 0 Å². The van der Waals surface area contributed by atoms with E-state index in [-0.39, 0.29) is 0 Å². The summed E-state index contributed by atoms with van der Waals surface area (Å²) in [6.07, 6.45) is 8.83. The first-order chi connectivity index (χ1) is 14.3. The van der Waals surface area contributed by atoms with Crippen molar-refractivity contribution in [1.82, 2.24) is 20.2 Å². The lowest BCUT2D eigenvalue weighted by molar-refractivity contribution is 0.122. The summed E-state index contributed by atoms with van der Waals surface area (Å²) in [6, 6.07) is 4.57. The first-order valence-corrected chi connectivity index (χ1v) is 10.9. The van der Waals surface area contributed by atoms with Crippen molar-refractivity contribution in [3.63, 3.8) is 0 Å². The van der Waals surface area contributed by atoms with Crippen molar-refractivity contribution in [2.45, 2.75) is 44.6 Å². The number of aryl methyl sites for hydroxylation is 2. The fraction of sp³-hybridized carbons (Fsp3) is 0.619. The van der Waals surface area contributed by atoms with Crippen molar-refractivity contribution >= 4 is 17.6 Å². The number of ether oxygens (including phenoxy) is 1. The van der Waals surface area contributed by atoms with Crippen LogP contribution in [-0.2, 0) is 17.6 Å². The normalized spacial score (nSPS) is 22.3. The number of nitrogens with one attached hydrogen (secondary N) is 1. The molecule has 2 fully saturated rings. The fourth-order valence-corrected chi connectivity index (χ4v) is 4.49. The Hall–Kier alpha value is -2.48. The highest BCUT2D eigenvalue weighted by atomic mass is 16.5. The van der Waals surface area contributed by atoms with Crippen molar-refractivity contribution in [2.75, 3.05) is 54.5 Å². The van der Waals surface area contributed by atoms with Gasteiger partial charge < -0.3 is 19.9 Å². The molecule has 1 atom stereocenters. The van der Waals surface area contributed by atoms with Gasteiger partial charge >= 0.3 is 0 Å². The van der Waals surface area contributed by atoms with Gasteiger partial charge in [0.15, 0.2) is 5.82 Å². The third-order valence-corrected chi connectivity index (χ3v) is 6.09. The van der Waals surface area contributed by atoms with Crippen LogP contribution >= 0.6 is 0 Å². The number of fused-ring (bicyclic) bond motifs is 1. The van der Waals surface area contributed by atoms with Crippen LogP contribution in [0, 0.1) is 0 Å². The summed E-state index contributed by atoms with van der Waals surface area (Å²) in [5.41, 5.74) is 2.59. The van der Waals surface area contributed by atoms with Gasteiger partial charge in [0.05, 0.1) is 18.9 Å². The van der Waals surface area contributed by atoms with Gasteiger partial charge in [-0.3, -0.25) is 0 Å². The van der Waals surface area contributed by atoms with Gasteiger partial charge in [0, 0.05) is 38.4 Å². The van der Waals surface area contributed by atoms with E-state index in [0.29, 0.717) is 6.04 Å². The van der Waals surface area contributed by atoms with Crippen LogP contribution in [-0.4, -0.2) is 65.6 Å². The van der Waals surface area contributed by atoms with Crippen LogP contribution in [0.3, 0.4) is 0 Å². The Labute approximate surface area is 171 Å². The van der Waals surface area contributed by atoms with Crippen molar-refractivity contribution in [3.05, 3.63) is 29.6 Å². The lowest BCUT2D eigenvalue weighted by atomic mass is 9.96. The first-order valence-electron chi connectivity index (χ1n) is 10.9. The highest BCUT2D eigenvalue weighted by Crippen LogP contribution is 2.25. The molecule has 1 unspecified atom stereocenters. The third kappa shape index (κ3) is 4.27. The monoisotopic (exact) mass is 395 g/mol. The van der Waals surface area contributed by atoms with Crippen LogP contribution in [0.1, 0.15) is 36.9 Å². The number of piperidine rings is 1. The zero-order chi connectivity index (χ0) is 19.5. The van der Waals surface area contributed by atoms with E-state index in [4.69, 9.17) is 9.72 Å². The van der Waals surface area contributed by atoms with Gasteiger partial charge in [-0.05, 0) is 56.2 Å². The molecule has 8 heteroatoms. The summed E-state index contributed by atoms with van der Waals surface area (Å²) >= 11 is 0. The van der Waals surface area contributed by atoms with Crippen LogP contribution in [0.4, 0.5) is 17.6 Å². The maximum absolute atomic E-state index is 5.43. The van der Waals surface area contributed by atoms with E-state index in [2.05, 4.69) is 36.4 Å². The fourth-order valence-electron chi connectivity index (χ4n) is 4.49. The molecule has 0 saturated carbocycles. The molecule has 1 aliphatic carbocycles. The van der Waals surface area contributed by atoms with E-state index in [1.165, 1.54) is 24.1 Å². The lowest BCUT2D eigenvalue weighted by Gasteiger charge is -2.34. The van der Waals surface area contributed by atoms with E-state index < -0.39 is 0 Å². The number of hydrogen-bond donors (Lipinski definition) is 1. The predicted octanol–water partition coefficient (Wildman–Crippen LogP) is 2.06. The number of morpholine rings is 1. The smallest absolute Gasteiger partial charge is 0.227 e. The lowest BCUT2D eigenvalue weighted by Crippen LogP contribution is -2.43. The topological polar surface area (TPSA) is 79.3 Å². The molecule has 0 spiro atoms. The van der Waals surface area contributed by atoms with E-state index in [0.717, 1.165) is 82.7 Å². The third-order valence-electron chi connectivity index (χ3n) is 6.09. The van der Waals surface area contributed by atoms with E-state index in [1.54, 1.807) is 0 Å². The molecule has 8 nitrogen and oxygen atoms in total. The zero-order valence-corrected chi connectivity index (χ0v) is 16.9. The molecule has 4 heterocycles. The standard InChI is InChI=1S/C21H29N7O/c1-2-6-18-16(4-1)14-20(26-25-18)28-9-3-5-17(15-28)23-19-7-8-22-21(24-19)27-10-12-29-13-11-27/h7-8,14,17H,1-6,9-13,15H2,(H,22,23,24). The summed E-state index contributed by atoms with van der Waals surface area (Å²) in [6.45, 7) is 5.12. The molecule has 2 aromatic heterocycles. The predicted molar refractivity (Wildman–Crippen MR) is 113 cm³/mol. The summed E-state index contributed by atoms with van der Waals surface area (Å²) in [5, 5.41) is 12.7. The quantitative estimate of drug-likeness (QED) is 0.843. The molecule has 0 bridgehead atoms. The largest absolute Gasteiger partial charge is 0.378 e. The van der Waals surface area contributed by atoms with Crippen molar-refractivity contribution in [2.24, 2.45) is 0 Å². The number of aromatic nitrogens is 4. The van der Waals surface area contributed by atoms with Crippen LogP contribution < -0.4 is 15.1 Å². The second-order valence-corrected chi connectivity index (χ2v) is 8.15. The minimum absolute atomic E-state index is 0.342. The zero-order valence-electron chi connectivity index (χ0n) is 16.9. The molecule has 0 radical (unpaired) electrons. The second kappa shape index (κ2) is 8.49. The number of hydrogen-bond acceptors (Lipinski definition) is 8. The summed E-state index contributed by atoms with van der Waals surface area (Å²) in [7, 11) is 0. The molecular weight excluding hydrogens is 366 g/mol. The highest BCUT2D eigenvalue weighted by molar-refractivity contribution is 5.46. The second-order valence-electron chi connectivity index (χ2n) is 8.15. The van der Waals surface area contributed by atoms with Gasteiger partial charge in [-0.15, -0.1) is 5.10 Å². The summed E-state index contributed by atoms with van der Waals surface area (Å²) < 4.78 is 5.43. The SMILES string of the molecule is c1cc(NC2CCCN(c3cc4c(nn3)CCCC4)C2)nc(N2CCOCC2)n1. The molecule has 2 saturated heterocycles. The van der Waals surface area contributed by atoms with E-state index >= 15 is 0 Å². The minimum Gasteiger partial charge on any atom is -0.378 e. The molecule has 2 aromatic rings. The van der Waals surface area contributed by atoms with Crippen molar-refractivity contribution in [1.29, 1.82) is 0 Å². The highest BCUT2D eigenvalue weighted by Gasteiger charge is 2.23. The van der Waals surface area contributed by atoms with Crippen molar-refractivity contribution < 1.29 is 4.74 Å². The Balaban J connectivity index is 1.25. The molecule has 154 valence electrons. The Morgan fingerprint density at radius 3 is 2.83 bits per heavy atom. The van der Waals surface area contributed by atoms with E-state index in [1.807, 2.05) is 12.3 Å².